The summed E-state index contributed by atoms with van der Waals surface area (Å²) in [7, 11) is 2.07. The van der Waals surface area contributed by atoms with Crippen LogP contribution in [-0.2, 0) is 4.74 Å². The Hall–Kier alpha value is -1.60. The number of carbonyl (C=O) groups excluding carboxylic acids is 1. The first-order valence-corrected chi connectivity index (χ1v) is 8.08. The summed E-state index contributed by atoms with van der Waals surface area (Å²) in [5.41, 5.74) is 0. The third-order valence-corrected chi connectivity index (χ3v) is 4.54. The van der Waals surface area contributed by atoms with E-state index in [0.717, 1.165) is 44.8 Å². The number of nitrogens with one attached hydrogen (secondary N) is 2. The Kier molecular flexibility index (Phi) is 4.94. The molecule has 0 saturated carbocycles. The van der Waals surface area contributed by atoms with Gasteiger partial charge in [0.1, 0.15) is 5.82 Å². The van der Waals surface area contributed by atoms with E-state index in [-0.39, 0.29) is 12.1 Å². The van der Waals surface area contributed by atoms with E-state index >= 15 is 0 Å². The summed E-state index contributed by atoms with van der Waals surface area (Å²) in [5.74, 6) is 0.916. The molecule has 0 aromatic carbocycles. The second kappa shape index (κ2) is 7.11. The van der Waals surface area contributed by atoms with Gasteiger partial charge >= 0.3 is 6.03 Å². The lowest BCUT2D eigenvalue weighted by Gasteiger charge is -2.38. The van der Waals surface area contributed by atoms with E-state index in [1.54, 1.807) is 6.20 Å². The molecule has 3 rings (SSSR count). The summed E-state index contributed by atoms with van der Waals surface area (Å²) in [6, 6.07) is 0.148. The van der Waals surface area contributed by atoms with Crippen molar-refractivity contribution in [2.24, 2.45) is 0 Å². The first kappa shape index (κ1) is 15.3. The molecule has 2 amide bonds. The number of amides is 2. The fourth-order valence-electron chi connectivity index (χ4n) is 3.14. The molecule has 22 heavy (non-hydrogen) atoms. The first-order valence-electron chi connectivity index (χ1n) is 8.08. The summed E-state index contributed by atoms with van der Waals surface area (Å²) >= 11 is 0. The molecule has 7 heteroatoms. The summed E-state index contributed by atoms with van der Waals surface area (Å²) in [5, 5.41) is 3.02. The van der Waals surface area contributed by atoms with Gasteiger partial charge in [-0.25, -0.2) is 9.78 Å². The molecule has 3 heterocycles. The molecular weight excluding hydrogens is 282 g/mol. The summed E-state index contributed by atoms with van der Waals surface area (Å²) in [6.45, 7) is 3.81. The van der Waals surface area contributed by atoms with Gasteiger partial charge in [-0.3, -0.25) is 4.90 Å². The van der Waals surface area contributed by atoms with Gasteiger partial charge in [-0.1, -0.05) is 0 Å². The molecule has 0 aliphatic carbocycles. The first-order chi connectivity index (χ1) is 10.7. The SMILES string of the molecule is CN1CCN(C(=O)NCC[C@@H]2CCCO2)C[C@@H]1c1ncc[nH]1. The Balaban J connectivity index is 1.47. The average molecular weight is 307 g/mol. The smallest absolute Gasteiger partial charge is 0.317 e. The molecule has 7 nitrogen and oxygen atoms in total. The van der Waals surface area contributed by atoms with Crippen molar-refractivity contribution < 1.29 is 9.53 Å². The normalized spacial score (nSPS) is 26.3. The maximum absolute atomic E-state index is 12.3. The van der Waals surface area contributed by atoms with E-state index in [4.69, 9.17) is 4.74 Å². The van der Waals surface area contributed by atoms with E-state index in [2.05, 4.69) is 27.2 Å². The highest BCUT2D eigenvalue weighted by Crippen LogP contribution is 2.21. The molecule has 0 spiro atoms. The van der Waals surface area contributed by atoms with Gasteiger partial charge in [0.05, 0.1) is 12.1 Å². The van der Waals surface area contributed by atoms with Crippen LogP contribution in [0.2, 0.25) is 0 Å². The standard InChI is InChI=1S/C15H25N5O2/c1-19-8-9-20(11-13(19)14-16-6-7-17-14)15(21)18-5-4-12-3-2-10-22-12/h6-7,12-13H,2-5,8-11H2,1H3,(H,16,17)(H,18,21)/t12-,13+/m0/s1. The molecule has 2 aliphatic rings. The zero-order valence-electron chi connectivity index (χ0n) is 13.1. The van der Waals surface area contributed by atoms with Gasteiger partial charge in [0.25, 0.3) is 0 Å². The van der Waals surface area contributed by atoms with E-state index < -0.39 is 0 Å². The minimum atomic E-state index is 0.0163. The molecular formula is C15H25N5O2. The third kappa shape index (κ3) is 3.59. The molecule has 2 N–H and O–H groups in total. The van der Waals surface area contributed by atoms with Crippen molar-refractivity contribution in [3.63, 3.8) is 0 Å². The van der Waals surface area contributed by atoms with Crippen LogP contribution >= 0.6 is 0 Å². The van der Waals surface area contributed by atoms with Crippen molar-refractivity contribution >= 4 is 6.03 Å². The molecule has 2 atom stereocenters. The van der Waals surface area contributed by atoms with Crippen LogP contribution in [0.1, 0.15) is 31.1 Å². The molecule has 2 fully saturated rings. The molecule has 0 bridgehead atoms. The van der Waals surface area contributed by atoms with Crippen LogP contribution in [-0.4, -0.2) is 71.7 Å². The largest absolute Gasteiger partial charge is 0.378 e. The number of ether oxygens (including phenoxy) is 1. The number of rotatable bonds is 4. The number of hydrogen-bond acceptors (Lipinski definition) is 4. The number of likely N-dealkylation sites (N-methyl/N-ethyl adjacent to an activating group) is 1. The lowest BCUT2D eigenvalue weighted by Crippen LogP contribution is -2.52. The van der Waals surface area contributed by atoms with Gasteiger partial charge in [0.2, 0.25) is 0 Å². The van der Waals surface area contributed by atoms with Gasteiger partial charge in [-0.15, -0.1) is 0 Å². The number of nitrogens with zero attached hydrogens (tertiary/aromatic N) is 3. The van der Waals surface area contributed by atoms with Crippen LogP contribution in [0, 0.1) is 0 Å². The van der Waals surface area contributed by atoms with Crippen LogP contribution < -0.4 is 5.32 Å². The number of carbonyl (C=O) groups is 1. The Morgan fingerprint density at radius 1 is 1.55 bits per heavy atom. The predicted molar refractivity (Wildman–Crippen MR) is 82.5 cm³/mol. The highest BCUT2D eigenvalue weighted by Gasteiger charge is 2.29. The molecule has 0 unspecified atom stereocenters. The van der Waals surface area contributed by atoms with Gasteiger partial charge in [0, 0.05) is 45.2 Å². The van der Waals surface area contributed by atoms with Crippen molar-refractivity contribution in [3.8, 4) is 0 Å². The van der Waals surface area contributed by atoms with Gasteiger partial charge in [0.15, 0.2) is 0 Å². The second-order valence-electron chi connectivity index (χ2n) is 6.07. The summed E-state index contributed by atoms with van der Waals surface area (Å²) in [6.07, 6.45) is 7.06. The van der Waals surface area contributed by atoms with E-state index in [0.29, 0.717) is 19.2 Å². The molecule has 1 aromatic rings. The zero-order chi connectivity index (χ0) is 15.4. The Morgan fingerprint density at radius 2 is 2.45 bits per heavy atom. The van der Waals surface area contributed by atoms with Gasteiger partial charge < -0.3 is 19.9 Å². The van der Waals surface area contributed by atoms with Crippen molar-refractivity contribution in [2.45, 2.75) is 31.4 Å². The molecule has 2 aliphatic heterocycles. The van der Waals surface area contributed by atoms with Crippen molar-refractivity contribution in [1.29, 1.82) is 0 Å². The molecule has 2 saturated heterocycles. The maximum atomic E-state index is 12.3. The highest BCUT2D eigenvalue weighted by atomic mass is 16.5. The number of hydrogen-bond donors (Lipinski definition) is 2. The van der Waals surface area contributed by atoms with Crippen LogP contribution in [0.25, 0.3) is 0 Å². The van der Waals surface area contributed by atoms with E-state index in [1.807, 2.05) is 11.1 Å². The van der Waals surface area contributed by atoms with Gasteiger partial charge in [-0.05, 0) is 26.3 Å². The Labute approximate surface area is 131 Å². The van der Waals surface area contributed by atoms with Crippen LogP contribution in [0.15, 0.2) is 12.4 Å². The fraction of sp³-hybridized carbons (Fsp3) is 0.733. The van der Waals surface area contributed by atoms with E-state index in [1.165, 1.54) is 0 Å². The minimum absolute atomic E-state index is 0.0163. The number of H-pyrrole nitrogens is 1. The number of aromatic nitrogens is 2. The molecule has 0 radical (unpaired) electrons. The molecule has 1 aromatic heterocycles. The lowest BCUT2D eigenvalue weighted by molar-refractivity contribution is 0.0975. The Morgan fingerprint density at radius 3 is 3.18 bits per heavy atom. The Bertz CT molecular complexity index is 472. The fourth-order valence-corrected chi connectivity index (χ4v) is 3.14. The van der Waals surface area contributed by atoms with Crippen molar-refractivity contribution in [1.82, 2.24) is 25.1 Å². The monoisotopic (exact) mass is 307 g/mol. The van der Waals surface area contributed by atoms with Crippen LogP contribution in [0.5, 0.6) is 0 Å². The number of imidazole rings is 1. The average Bonchev–Trinajstić information content (AvgIpc) is 3.21. The number of aromatic amines is 1. The topological polar surface area (TPSA) is 73.5 Å². The number of piperazine rings is 1. The maximum Gasteiger partial charge on any atom is 0.317 e. The van der Waals surface area contributed by atoms with Crippen LogP contribution in [0.4, 0.5) is 4.79 Å². The third-order valence-electron chi connectivity index (χ3n) is 4.54. The van der Waals surface area contributed by atoms with Gasteiger partial charge in [-0.2, -0.15) is 0 Å². The number of urea groups is 1. The predicted octanol–water partition coefficient (Wildman–Crippen LogP) is 0.977. The van der Waals surface area contributed by atoms with E-state index in [9.17, 15) is 4.79 Å². The quantitative estimate of drug-likeness (QED) is 0.869. The minimum Gasteiger partial charge on any atom is -0.378 e. The highest BCUT2D eigenvalue weighted by molar-refractivity contribution is 5.74. The second-order valence-corrected chi connectivity index (χ2v) is 6.07. The van der Waals surface area contributed by atoms with Crippen LogP contribution in [0.3, 0.4) is 0 Å². The summed E-state index contributed by atoms with van der Waals surface area (Å²) < 4.78 is 5.58. The molecule has 122 valence electrons. The summed E-state index contributed by atoms with van der Waals surface area (Å²) in [4.78, 5) is 23.9. The lowest BCUT2D eigenvalue weighted by atomic mass is 10.1. The zero-order valence-corrected chi connectivity index (χ0v) is 13.1. The van der Waals surface area contributed by atoms with Crippen molar-refractivity contribution in [2.75, 3.05) is 39.8 Å². The van der Waals surface area contributed by atoms with Crippen molar-refractivity contribution in [3.05, 3.63) is 18.2 Å².